The maximum absolute atomic E-state index is 12.2. The molecule has 1 unspecified atom stereocenters. The molecule has 0 aliphatic rings. The zero-order valence-corrected chi connectivity index (χ0v) is 15.1. The molecule has 0 heterocycles. The highest BCUT2D eigenvalue weighted by atomic mass is 16.6. The maximum Gasteiger partial charge on any atom is 0.408 e. The molecule has 0 spiro atoms. The normalized spacial score (nSPS) is 11.3. The van der Waals surface area contributed by atoms with Gasteiger partial charge >= 0.3 is 12.3 Å². The summed E-state index contributed by atoms with van der Waals surface area (Å²) in [5.74, 6) is -0.592. The summed E-state index contributed by atoms with van der Waals surface area (Å²) in [7, 11) is 0. The lowest BCUT2D eigenvalue weighted by molar-refractivity contribution is -0.123. The summed E-state index contributed by atoms with van der Waals surface area (Å²) in [5, 5.41) is 4.72. The predicted molar refractivity (Wildman–Crippen MR) is 106 cm³/mol. The van der Waals surface area contributed by atoms with E-state index in [9.17, 15) is 9.59 Å². The first-order valence-electron chi connectivity index (χ1n) is 8.83. The molecule has 0 fully saturated rings. The van der Waals surface area contributed by atoms with Crippen LogP contribution in [0.2, 0.25) is 0 Å². The minimum absolute atomic E-state index is 0.175. The fourth-order valence-corrected chi connectivity index (χ4v) is 2.86. The molecule has 0 saturated carbocycles. The standard InChI is InChI=1S/C22H19N3O3/c23-25-15-20(26)21(28-22(27)24-14-16-6-2-1-3-7-16)13-17-10-11-18-8-4-5-9-19(18)12-17/h1-12,15,21H,13-14H2,(H,24,27). The van der Waals surface area contributed by atoms with Crippen molar-refractivity contribution in [1.29, 1.82) is 0 Å². The summed E-state index contributed by atoms with van der Waals surface area (Å²) in [6, 6.07) is 23.0. The molecule has 0 aliphatic carbocycles. The van der Waals surface area contributed by atoms with Crippen LogP contribution in [0, 0.1) is 0 Å². The van der Waals surface area contributed by atoms with Crippen LogP contribution in [0.15, 0.2) is 72.8 Å². The van der Waals surface area contributed by atoms with Crippen LogP contribution >= 0.6 is 0 Å². The lowest BCUT2D eigenvalue weighted by Gasteiger charge is -2.15. The lowest BCUT2D eigenvalue weighted by Crippen LogP contribution is -2.35. The number of benzene rings is 3. The molecular weight excluding hydrogens is 354 g/mol. The summed E-state index contributed by atoms with van der Waals surface area (Å²) in [5.41, 5.74) is 10.4. The average molecular weight is 373 g/mol. The van der Waals surface area contributed by atoms with Crippen molar-refractivity contribution in [3.63, 3.8) is 0 Å². The highest BCUT2D eigenvalue weighted by Crippen LogP contribution is 2.17. The summed E-state index contributed by atoms with van der Waals surface area (Å²) in [4.78, 5) is 27.1. The SMILES string of the molecule is [N-]=[N+]=CC(=O)C(Cc1ccc2ccccc2c1)OC(=O)NCc1ccccc1. The largest absolute Gasteiger partial charge is 0.437 e. The first kappa shape index (κ1) is 19.0. The minimum atomic E-state index is -1.09. The van der Waals surface area contributed by atoms with Gasteiger partial charge in [0, 0.05) is 13.0 Å². The molecule has 0 radical (unpaired) electrons. The Hall–Kier alpha value is -3.76. The number of ketones is 1. The Morgan fingerprint density at radius 3 is 2.43 bits per heavy atom. The lowest BCUT2D eigenvalue weighted by atomic mass is 10.0. The summed E-state index contributed by atoms with van der Waals surface area (Å²) in [6.45, 7) is 0.282. The van der Waals surface area contributed by atoms with Crippen LogP contribution in [0.25, 0.3) is 16.3 Å². The van der Waals surface area contributed by atoms with Gasteiger partial charge in [0.15, 0.2) is 6.10 Å². The molecule has 0 saturated heterocycles. The van der Waals surface area contributed by atoms with E-state index in [-0.39, 0.29) is 13.0 Å². The third-order valence-electron chi connectivity index (χ3n) is 4.27. The van der Waals surface area contributed by atoms with E-state index >= 15 is 0 Å². The number of Topliss-reactive ketones (excluding diaryl/α,β-unsaturated/α-hetero) is 1. The highest BCUT2D eigenvalue weighted by molar-refractivity contribution is 6.27. The third kappa shape index (κ3) is 5.13. The second-order valence-corrected chi connectivity index (χ2v) is 6.27. The quantitative estimate of drug-likeness (QED) is 0.390. The number of alkyl carbamates (subject to hydrolysis) is 1. The molecule has 1 amide bonds. The molecule has 0 aliphatic heterocycles. The number of hydrogen-bond donors (Lipinski definition) is 1. The van der Waals surface area contributed by atoms with Gasteiger partial charge in [0.2, 0.25) is 0 Å². The average Bonchev–Trinajstić information content (AvgIpc) is 2.72. The van der Waals surface area contributed by atoms with E-state index in [2.05, 4.69) is 10.1 Å². The topological polar surface area (TPSA) is 91.8 Å². The van der Waals surface area contributed by atoms with Crippen molar-refractivity contribution >= 4 is 28.9 Å². The summed E-state index contributed by atoms with van der Waals surface area (Å²) < 4.78 is 5.30. The molecule has 3 aromatic carbocycles. The fraction of sp³-hybridized carbons (Fsp3) is 0.136. The third-order valence-corrected chi connectivity index (χ3v) is 4.27. The van der Waals surface area contributed by atoms with E-state index < -0.39 is 18.0 Å². The number of nitrogens with one attached hydrogen (secondary N) is 1. The number of carbonyl (C=O) groups is 2. The zero-order chi connectivity index (χ0) is 19.8. The minimum Gasteiger partial charge on any atom is -0.437 e. The Morgan fingerprint density at radius 1 is 0.964 bits per heavy atom. The fourth-order valence-electron chi connectivity index (χ4n) is 2.86. The van der Waals surface area contributed by atoms with Crippen molar-refractivity contribution in [3.8, 4) is 0 Å². The number of amides is 1. The molecule has 6 nitrogen and oxygen atoms in total. The molecule has 28 heavy (non-hydrogen) atoms. The van der Waals surface area contributed by atoms with Crippen molar-refractivity contribution in [1.82, 2.24) is 5.32 Å². The number of rotatable bonds is 7. The molecule has 1 atom stereocenters. The van der Waals surface area contributed by atoms with Crippen LogP contribution in [0.3, 0.4) is 0 Å². The Bertz CT molecular complexity index is 1030. The second-order valence-electron chi connectivity index (χ2n) is 6.27. The summed E-state index contributed by atoms with van der Waals surface area (Å²) in [6.07, 6.45) is -0.882. The zero-order valence-electron chi connectivity index (χ0n) is 15.1. The van der Waals surface area contributed by atoms with Crippen molar-refractivity contribution in [2.45, 2.75) is 19.1 Å². The van der Waals surface area contributed by atoms with E-state index in [4.69, 9.17) is 10.3 Å². The Labute approximate surface area is 162 Å². The van der Waals surface area contributed by atoms with Crippen molar-refractivity contribution in [3.05, 3.63) is 89.5 Å². The van der Waals surface area contributed by atoms with Gasteiger partial charge in [-0.25, -0.2) is 4.79 Å². The molecule has 1 N–H and O–H groups in total. The monoisotopic (exact) mass is 373 g/mol. The van der Waals surface area contributed by atoms with Gasteiger partial charge in [-0.15, -0.1) is 0 Å². The van der Waals surface area contributed by atoms with Crippen LogP contribution < -0.4 is 5.32 Å². The first-order valence-corrected chi connectivity index (χ1v) is 8.83. The molecule has 140 valence electrons. The molecule has 6 heteroatoms. The first-order chi connectivity index (χ1) is 13.7. The van der Waals surface area contributed by atoms with E-state index in [1.165, 1.54) is 0 Å². The number of nitrogens with zero attached hydrogens (tertiary/aromatic N) is 2. The van der Waals surface area contributed by atoms with E-state index in [0.29, 0.717) is 0 Å². The molecule has 3 rings (SSSR count). The van der Waals surface area contributed by atoms with Crippen molar-refractivity contribution in [2.75, 3.05) is 0 Å². The number of ether oxygens (including phenoxy) is 1. The van der Waals surface area contributed by atoms with Gasteiger partial charge in [0.05, 0.1) is 0 Å². The molecule has 0 aromatic heterocycles. The van der Waals surface area contributed by atoms with E-state index in [1.807, 2.05) is 72.8 Å². The second kappa shape index (κ2) is 9.26. The number of fused-ring (bicyclic) bond motifs is 1. The highest BCUT2D eigenvalue weighted by Gasteiger charge is 2.25. The molecule has 0 bridgehead atoms. The van der Waals surface area contributed by atoms with Crippen LogP contribution in [0.4, 0.5) is 4.79 Å². The van der Waals surface area contributed by atoms with Gasteiger partial charge < -0.3 is 15.6 Å². The van der Waals surface area contributed by atoms with E-state index in [1.54, 1.807) is 0 Å². The number of hydrogen-bond acceptors (Lipinski definition) is 3. The predicted octanol–water partition coefficient (Wildman–Crippen LogP) is 3.55. The van der Waals surface area contributed by atoms with Gasteiger partial charge in [-0.2, -0.15) is 4.79 Å². The van der Waals surface area contributed by atoms with Gasteiger partial charge in [-0.3, -0.25) is 4.79 Å². The Balaban J connectivity index is 1.70. The number of carbonyl (C=O) groups excluding carboxylic acids is 2. The summed E-state index contributed by atoms with van der Waals surface area (Å²) >= 11 is 0. The van der Waals surface area contributed by atoms with Crippen LogP contribution in [-0.4, -0.2) is 29.0 Å². The molecule has 3 aromatic rings. The molecular formula is C22H19N3O3. The smallest absolute Gasteiger partial charge is 0.408 e. The Morgan fingerprint density at radius 2 is 1.68 bits per heavy atom. The van der Waals surface area contributed by atoms with Crippen LogP contribution in [-0.2, 0) is 22.5 Å². The Kier molecular flexibility index (Phi) is 6.29. The van der Waals surface area contributed by atoms with Crippen molar-refractivity contribution < 1.29 is 19.1 Å². The maximum atomic E-state index is 12.2. The van der Waals surface area contributed by atoms with Crippen LogP contribution in [0.1, 0.15) is 11.1 Å². The van der Waals surface area contributed by atoms with E-state index in [0.717, 1.165) is 28.1 Å². The van der Waals surface area contributed by atoms with Crippen molar-refractivity contribution in [2.24, 2.45) is 0 Å². The van der Waals surface area contributed by atoms with Gasteiger partial charge in [-0.1, -0.05) is 72.8 Å². The van der Waals surface area contributed by atoms with Gasteiger partial charge in [0.1, 0.15) is 0 Å². The van der Waals surface area contributed by atoms with Gasteiger partial charge in [-0.05, 0) is 21.9 Å². The van der Waals surface area contributed by atoms with Crippen LogP contribution in [0.5, 0.6) is 0 Å². The van der Waals surface area contributed by atoms with Gasteiger partial charge in [0.25, 0.3) is 5.78 Å².